The zero-order valence-electron chi connectivity index (χ0n) is 15.8. The van der Waals surface area contributed by atoms with Crippen molar-refractivity contribution in [2.75, 3.05) is 13.1 Å². The van der Waals surface area contributed by atoms with Crippen LogP contribution in [-0.2, 0) is 18.9 Å². The molecule has 3 aromatic rings. The number of carbonyl (C=O) groups excluding carboxylic acids is 1. The summed E-state index contributed by atoms with van der Waals surface area (Å²) in [6, 6.07) is 7.16. The lowest BCUT2D eigenvalue weighted by atomic mass is 9.89. The fourth-order valence-corrected chi connectivity index (χ4v) is 3.92. The van der Waals surface area contributed by atoms with Crippen LogP contribution in [0.25, 0.3) is 0 Å². The molecule has 0 bridgehead atoms. The number of rotatable bonds is 5. The molecule has 146 valence electrons. The van der Waals surface area contributed by atoms with E-state index in [2.05, 4.69) is 20.7 Å². The van der Waals surface area contributed by atoms with Crippen LogP contribution in [0.3, 0.4) is 0 Å². The molecule has 8 heteroatoms. The molecule has 0 aliphatic carbocycles. The number of nitrogens with zero attached hydrogens (tertiary/aromatic N) is 4. The Labute approximate surface area is 168 Å². The minimum absolute atomic E-state index is 0.00167. The number of nitrogens with one attached hydrogen (secondary N) is 2. The number of aryl methyl sites for hydroxylation is 2. The van der Waals surface area contributed by atoms with Crippen LogP contribution in [0, 0.1) is 5.92 Å². The molecule has 3 heterocycles. The summed E-state index contributed by atoms with van der Waals surface area (Å²) >= 11 is 6.05. The predicted octanol–water partition coefficient (Wildman–Crippen LogP) is 2.02. The molecule has 1 amide bonds. The van der Waals surface area contributed by atoms with Gasteiger partial charge in [0, 0.05) is 56.7 Å². The third kappa shape index (κ3) is 3.68. The normalized spacial score (nSPS) is 20.2. The average Bonchev–Trinajstić information content (AvgIpc) is 3.41. The third-order valence-corrected chi connectivity index (χ3v) is 5.56. The van der Waals surface area contributed by atoms with Crippen molar-refractivity contribution in [3.63, 3.8) is 0 Å². The third-order valence-electron chi connectivity index (χ3n) is 5.31. The number of amides is 1. The molecule has 1 aromatic carbocycles. The van der Waals surface area contributed by atoms with E-state index < -0.39 is 0 Å². The maximum Gasteiger partial charge on any atom is 0.225 e. The molecule has 1 fully saturated rings. The number of hydrogen-bond acceptors (Lipinski definition) is 4. The number of carbonyl (C=O) groups is 1. The molecule has 1 unspecified atom stereocenters. The van der Waals surface area contributed by atoms with Crippen LogP contribution in [0.2, 0.25) is 5.02 Å². The maximum absolute atomic E-state index is 13.3. The van der Waals surface area contributed by atoms with Crippen molar-refractivity contribution in [1.29, 1.82) is 0 Å². The van der Waals surface area contributed by atoms with Gasteiger partial charge in [0.15, 0.2) is 0 Å². The Morgan fingerprint density at radius 3 is 2.71 bits per heavy atom. The van der Waals surface area contributed by atoms with Gasteiger partial charge in [-0.25, -0.2) is 4.98 Å². The number of benzene rings is 1. The first kappa shape index (κ1) is 18.7. The van der Waals surface area contributed by atoms with E-state index in [9.17, 15) is 4.79 Å². The van der Waals surface area contributed by atoms with Gasteiger partial charge in [0.1, 0.15) is 11.9 Å². The molecule has 28 heavy (non-hydrogen) atoms. The molecule has 0 radical (unpaired) electrons. The molecule has 7 nitrogen and oxygen atoms in total. The number of imidazole rings is 1. The van der Waals surface area contributed by atoms with Gasteiger partial charge in [-0.15, -0.1) is 0 Å². The fourth-order valence-electron chi connectivity index (χ4n) is 3.79. The van der Waals surface area contributed by atoms with E-state index in [-0.39, 0.29) is 23.8 Å². The summed E-state index contributed by atoms with van der Waals surface area (Å²) in [5.74, 6) is 0.710. The van der Waals surface area contributed by atoms with Crippen molar-refractivity contribution in [1.82, 2.24) is 30.0 Å². The quantitative estimate of drug-likeness (QED) is 0.689. The largest absolute Gasteiger partial charge is 0.342 e. The standard InChI is InChI=1S/C20H23ClN6O/c1-26-8-7-23-19(26)18(13-3-5-15(21)6-4-13)25-20(28)17-11-22-10-16(17)14-9-24-27(2)12-14/h3-9,12,16-18,22H,10-11H2,1-2H3,(H,25,28)/t16-,17+,18?/m1/s1. The van der Waals surface area contributed by atoms with E-state index in [4.69, 9.17) is 11.6 Å². The molecule has 2 N–H and O–H groups in total. The van der Waals surface area contributed by atoms with Gasteiger partial charge >= 0.3 is 0 Å². The topological polar surface area (TPSA) is 76.8 Å². The number of hydrogen-bond donors (Lipinski definition) is 2. The van der Waals surface area contributed by atoms with Gasteiger partial charge < -0.3 is 15.2 Å². The van der Waals surface area contributed by atoms with E-state index in [0.717, 1.165) is 23.5 Å². The van der Waals surface area contributed by atoms with Gasteiger partial charge in [0.2, 0.25) is 5.91 Å². The van der Waals surface area contributed by atoms with Crippen molar-refractivity contribution in [3.05, 3.63) is 71.0 Å². The lowest BCUT2D eigenvalue weighted by Crippen LogP contribution is -2.38. The van der Waals surface area contributed by atoms with Gasteiger partial charge in [0.05, 0.1) is 12.1 Å². The van der Waals surface area contributed by atoms with Crippen molar-refractivity contribution in [3.8, 4) is 0 Å². The number of aromatic nitrogens is 4. The SMILES string of the molecule is Cn1cc([C@H]2CNC[C@@H]2C(=O)NC(c2ccc(Cl)cc2)c2nccn2C)cn1. The van der Waals surface area contributed by atoms with Crippen LogP contribution in [0.1, 0.15) is 28.9 Å². The van der Waals surface area contributed by atoms with Gasteiger partial charge in [-0.1, -0.05) is 23.7 Å². The molecule has 1 aliphatic heterocycles. The Morgan fingerprint density at radius 1 is 1.29 bits per heavy atom. The summed E-state index contributed by atoms with van der Waals surface area (Å²) in [5, 5.41) is 11.5. The molecule has 1 saturated heterocycles. The monoisotopic (exact) mass is 398 g/mol. The van der Waals surface area contributed by atoms with Gasteiger partial charge in [-0.3, -0.25) is 9.48 Å². The Hall–Kier alpha value is -2.64. The predicted molar refractivity (Wildman–Crippen MR) is 107 cm³/mol. The smallest absolute Gasteiger partial charge is 0.225 e. The molecule has 3 atom stereocenters. The van der Waals surface area contributed by atoms with E-state index in [1.54, 1.807) is 10.9 Å². The Balaban J connectivity index is 1.60. The zero-order valence-corrected chi connectivity index (χ0v) is 16.6. The summed E-state index contributed by atoms with van der Waals surface area (Å²) in [6.07, 6.45) is 7.43. The van der Waals surface area contributed by atoms with Crippen molar-refractivity contribution < 1.29 is 4.79 Å². The molecule has 1 aliphatic rings. The summed E-state index contributed by atoms with van der Waals surface area (Å²) in [7, 11) is 3.81. The van der Waals surface area contributed by atoms with Crippen LogP contribution in [0.4, 0.5) is 0 Å². The average molecular weight is 399 g/mol. The first-order valence-electron chi connectivity index (χ1n) is 9.25. The minimum Gasteiger partial charge on any atom is -0.342 e. The fraction of sp³-hybridized carbons (Fsp3) is 0.350. The van der Waals surface area contributed by atoms with Crippen molar-refractivity contribution >= 4 is 17.5 Å². The second-order valence-electron chi connectivity index (χ2n) is 7.21. The van der Waals surface area contributed by atoms with Crippen LogP contribution in [-0.4, -0.2) is 38.3 Å². The van der Waals surface area contributed by atoms with Crippen LogP contribution in [0.15, 0.2) is 49.1 Å². The summed E-state index contributed by atoms with van der Waals surface area (Å²) in [5.41, 5.74) is 2.02. The second kappa shape index (κ2) is 7.77. The molecule has 0 spiro atoms. The molecule has 4 rings (SSSR count). The van der Waals surface area contributed by atoms with Crippen LogP contribution in [0.5, 0.6) is 0 Å². The number of halogens is 1. The van der Waals surface area contributed by atoms with E-state index in [0.29, 0.717) is 11.6 Å². The lowest BCUT2D eigenvalue weighted by Gasteiger charge is -2.23. The van der Waals surface area contributed by atoms with E-state index in [1.807, 2.05) is 61.5 Å². The molecule has 0 saturated carbocycles. The lowest BCUT2D eigenvalue weighted by molar-refractivity contribution is -0.125. The van der Waals surface area contributed by atoms with Crippen LogP contribution >= 0.6 is 11.6 Å². The van der Waals surface area contributed by atoms with E-state index >= 15 is 0 Å². The molecule has 2 aromatic heterocycles. The maximum atomic E-state index is 13.3. The highest BCUT2D eigenvalue weighted by molar-refractivity contribution is 6.30. The second-order valence-corrected chi connectivity index (χ2v) is 7.64. The Bertz CT molecular complexity index is 963. The highest BCUT2D eigenvalue weighted by Crippen LogP contribution is 2.30. The van der Waals surface area contributed by atoms with Gasteiger partial charge in [-0.05, 0) is 23.3 Å². The molecular formula is C20H23ClN6O. The minimum atomic E-state index is -0.347. The van der Waals surface area contributed by atoms with Crippen LogP contribution < -0.4 is 10.6 Å². The first-order chi connectivity index (χ1) is 13.5. The van der Waals surface area contributed by atoms with Gasteiger partial charge in [0.25, 0.3) is 0 Å². The Kier molecular flexibility index (Phi) is 5.19. The highest BCUT2D eigenvalue weighted by atomic mass is 35.5. The summed E-state index contributed by atoms with van der Waals surface area (Å²) < 4.78 is 3.69. The molecular weight excluding hydrogens is 376 g/mol. The first-order valence-corrected chi connectivity index (χ1v) is 9.63. The summed E-state index contributed by atoms with van der Waals surface area (Å²) in [4.78, 5) is 17.7. The van der Waals surface area contributed by atoms with Crippen molar-refractivity contribution in [2.45, 2.75) is 12.0 Å². The van der Waals surface area contributed by atoms with Gasteiger partial charge in [-0.2, -0.15) is 5.10 Å². The van der Waals surface area contributed by atoms with E-state index in [1.165, 1.54) is 0 Å². The highest BCUT2D eigenvalue weighted by Gasteiger charge is 2.36. The Morgan fingerprint density at radius 2 is 2.07 bits per heavy atom. The zero-order chi connectivity index (χ0) is 19.7. The summed E-state index contributed by atoms with van der Waals surface area (Å²) in [6.45, 7) is 1.40. The van der Waals surface area contributed by atoms with Crippen molar-refractivity contribution in [2.24, 2.45) is 20.0 Å².